The van der Waals surface area contributed by atoms with E-state index in [1.807, 2.05) is 6.20 Å². The summed E-state index contributed by atoms with van der Waals surface area (Å²) in [5.41, 5.74) is 5.05. The quantitative estimate of drug-likeness (QED) is 0.625. The molecule has 1 aromatic heterocycles. The van der Waals surface area contributed by atoms with Gasteiger partial charge in [-0.25, -0.2) is 0 Å². The predicted octanol–water partition coefficient (Wildman–Crippen LogP) is 6.21. The van der Waals surface area contributed by atoms with Crippen molar-refractivity contribution in [3.05, 3.63) is 58.9 Å². The van der Waals surface area contributed by atoms with Gasteiger partial charge in [0, 0.05) is 18.3 Å². The number of para-hydroxylation sites is 1. The molecule has 25 heavy (non-hydrogen) atoms. The minimum atomic E-state index is 0.0474. The van der Waals surface area contributed by atoms with Crippen molar-refractivity contribution in [1.82, 2.24) is 4.98 Å². The second-order valence-corrected chi connectivity index (χ2v) is 7.83. The average molecular weight is 338 g/mol. The monoisotopic (exact) mass is 337 g/mol. The maximum Gasteiger partial charge on any atom is 0.123 e. The normalized spacial score (nSPS) is 16.4. The first kappa shape index (κ1) is 18.0. The Morgan fingerprint density at radius 3 is 2.52 bits per heavy atom. The van der Waals surface area contributed by atoms with Crippen molar-refractivity contribution in [2.75, 3.05) is 0 Å². The zero-order valence-corrected chi connectivity index (χ0v) is 16.1. The van der Waals surface area contributed by atoms with Crippen molar-refractivity contribution in [2.45, 2.75) is 77.7 Å². The van der Waals surface area contributed by atoms with Crippen molar-refractivity contribution >= 4 is 0 Å². The number of aromatic nitrogens is 1. The first-order valence-corrected chi connectivity index (χ1v) is 9.75. The Hall–Kier alpha value is -1.83. The van der Waals surface area contributed by atoms with E-state index < -0.39 is 0 Å². The third kappa shape index (κ3) is 4.05. The number of nitrogens with zero attached hydrogens (tertiary/aromatic N) is 1. The molecule has 1 heterocycles. The summed E-state index contributed by atoms with van der Waals surface area (Å²) in [5.74, 6) is 1.52. The van der Waals surface area contributed by atoms with Gasteiger partial charge in [-0.3, -0.25) is 4.98 Å². The molecule has 3 rings (SSSR count). The molecule has 0 saturated heterocycles. The van der Waals surface area contributed by atoms with Gasteiger partial charge in [0.15, 0.2) is 0 Å². The van der Waals surface area contributed by atoms with Crippen molar-refractivity contribution in [2.24, 2.45) is 0 Å². The van der Waals surface area contributed by atoms with Gasteiger partial charge in [-0.05, 0) is 67.7 Å². The summed E-state index contributed by atoms with van der Waals surface area (Å²) in [5, 5.41) is 0. The fourth-order valence-electron chi connectivity index (χ4n) is 4.09. The summed E-state index contributed by atoms with van der Waals surface area (Å²) in [6.07, 6.45) is 8.94. The summed E-state index contributed by atoms with van der Waals surface area (Å²) >= 11 is 0. The number of hydrogen-bond acceptors (Lipinski definition) is 2. The standard InChI is InChI=1S/C23H31NO/c1-5-23(12-8-9-13-23)25-21-11-7-6-10-20(21)15-19-14-18(4)22(17(2)3)24-16-19/h6-7,10-11,14,16-17H,5,8-9,12-13,15H2,1-4H3. The van der Waals surface area contributed by atoms with Gasteiger partial charge in [0.25, 0.3) is 0 Å². The molecule has 2 heteroatoms. The number of pyridine rings is 1. The Morgan fingerprint density at radius 1 is 1.16 bits per heavy atom. The molecule has 0 N–H and O–H groups in total. The lowest BCUT2D eigenvalue weighted by molar-refractivity contribution is 0.0710. The van der Waals surface area contributed by atoms with Gasteiger partial charge in [-0.15, -0.1) is 0 Å². The molecular formula is C23H31NO. The van der Waals surface area contributed by atoms with Crippen LogP contribution in [0.1, 0.15) is 81.2 Å². The van der Waals surface area contributed by atoms with Crippen molar-refractivity contribution in [3.63, 3.8) is 0 Å². The Kier molecular flexibility index (Phi) is 5.46. The molecule has 0 amide bonds. The molecular weight excluding hydrogens is 306 g/mol. The van der Waals surface area contributed by atoms with E-state index in [9.17, 15) is 0 Å². The van der Waals surface area contributed by atoms with Crippen LogP contribution in [-0.4, -0.2) is 10.6 Å². The van der Waals surface area contributed by atoms with Gasteiger partial charge < -0.3 is 4.74 Å². The molecule has 1 saturated carbocycles. The SMILES string of the molecule is CCC1(Oc2ccccc2Cc2cnc(C(C)C)c(C)c2)CCCC1. The van der Waals surface area contributed by atoms with Crippen LogP contribution in [0.3, 0.4) is 0 Å². The zero-order valence-electron chi connectivity index (χ0n) is 16.1. The van der Waals surface area contributed by atoms with Gasteiger partial charge in [-0.1, -0.05) is 45.0 Å². The third-order valence-corrected chi connectivity index (χ3v) is 5.58. The Balaban J connectivity index is 1.83. The van der Waals surface area contributed by atoms with E-state index in [4.69, 9.17) is 9.72 Å². The molecule has 134 valence electrons. The molecule has 2 nitrogen and oxygen atoms in total. The molecule has 1 fully saturated rings. The van der Waals surface area contributed by atoms with Crippen LogP contribution >= 0.6 is 0 Å². The first-order chi connectivity index (χ1) is 12.0. The molecule has 1 aliphatic rings. The molecule has 0 unspecified atom stereocenters. The van der Waals surface area contributed by atoms with Gasteiger partial charge in [-0.2, -0.15) is 0 Å². The van der Waals surface area contributed by atoms with Crippen LogP contribution in [0.2, 0.25) is 0 Å². The average Bonchev–Trinajstić information content (AvgIpc) is 3.05. The summed E-state index contributed by atoms with van der Waals surface area (Å²) in [6.45, 7) is 8.82. The molecule has 0 bridgehead atoms. The molecule has 1 aromatic carbocycles. The van der Waals surface area contributed by atoms with Gasteiger partial charge >= 0.3 is 0 Å². The molecule has 0 radical (unpaired) electrons. The number of aryl methyl sites for hydroxylation is 1. The van der Waals surface area contributed by atoms with Crippen molar-refractivity contribution in [1.29, 1.82) is 0 Å². The number of hydrogen-bond donors (Lipinski definition) is 0. The lowest BCUT2D eigenvalue weighted by atomic mass is 9.97. The Morgan fingerprint density at radius 2 is 1.88 bits per heavy atom. The van der Waals surface area contributed by atoms with E-state index in [1.165, 1.54) is 48.1 Å². The van der Waals surface area contributed by atoms with E-state index in [-0.39, 0.29) is 5.60 Å². The highest BCUT2D eigenvalue weighted by molar-refractivity contribution is 5.39. The fraction of sp³-hybridized carbons (Fsp3) is 0.522. The van der Waals surface area contributed by atoms with Crippen LogP contribution in [0.4, 0.5) is 0 Å². The number of rotatable bonds is 6. The lowest BCUT2D eigenvalue weighted by Crippen LogP contribution is -2.31. The lowest BCUT2D eigenvalue weighted by Gasteiger charge is -2.30. The Labute approximate surface area is 152 Å². The maximum absolute atomic E-state index is 6.59. The second kappa shape index (κ2) is 7.59. The van der Waals surface area contributed by atoms with Crippen LogP contribution in [-0.2, 0) is 6.42 Å². The highest BCUT2D eigenvalue weighted by atomic mass is 16.5. The van der Waals surface area contributed by atoms with Gasteiger partial charge in [0.2, 0.25) is 0 Å². The van der Waals surface area contributed by atoms with E-state index in [2.05, 4.69) is 58.0 Å². The van der Waals surface area contributed by atoms with Crippen LogP contribution < -0.4 is 4.74 Å². The molecule has 0 aliphatic heterocycles. The van der Waals surface area contributed by atoms with E-state index in [0.29, 0.717) is 5.92 Å². The highest BCUT2D eigenvalue weighted by Gasteiger charge is 2.34. The largest absolute Gasteiger partial charge is 0.487 e. The second-order valence-electron chi connectivity index (χ2n) is 7.83. The van der Waals surface area contributed by atoms with Crippen LogP contribution in [0.5, 0.6) is 5.75 Å². The molecule has 0 spiro atoms. The summed E-state index contributed by atoms with van der Waals surface area (Å²) in [6, 6.07) is 10.8. The summed E-state index contributed by atoms with van der Waals surface area (Å²) in [4.78, 5) is 4.70. The highest BCUT2D eigenvalue weighted by Crippen LogP contribution is 2.38. The van der Waals surface area contributed by atoms with Crippen molar-refractivity contribution in [3.8, 4) is 5.75 Å². The van der Waals surface area contributed by atoms with Crippen LogP contribution in [0, 0.1) is 6.92 Å². The predicted molar refractivity (Wildman–Crippen MR) is 104 cm³/mol. The molecule has 2 aromatic rings. The van der Waals surface area contributed by atoms with Gasteiger partial charge in [0.05, 0.1) is 0 Å². The summed E-state index contributed by atoms with van der Waals surface area (Å²) in [7, 11) is 0. The smallest absolute Gasteiger partial charge is 0.123 e. The molecule has 1 aliphatic carbocycles. The number of ether oxygens (including phenoxy) is 1. The van der Waals surface area contributed by atoms with Crippen molar-refractivity contribution < 1.29 is 4.74 Å². The zero-order chi connectivity index (χ0) is 17.9. The minimum absolute atomic E-state index is 0.0474. The summed E-state index contributed by atoms with van der Waals surface area (Å²) < 4.78 is 6.59. The minimum Gasteiger partial charge on any atom is -0.487 e. The fourth-order valence-corrected chi connectivity index (χ4v) is 4.09. The topological polar surface area (TPSA) is 22.1 Å². The Bertz CT molecular complexity index is 714. The van der Waals surface area contributed by atoms with Crippen LogP contribution in [0.25, 0.3) is 0 Å². The first-order valence-electron chi connectivity index (χ1n) is 9.75. The van der Waals surface area contributed by atoms with Crippen LogP contribution in [0.15, 0.2) is 36.5 Å². The maximum atomic E-state index is 6.59. The van der Waals surface area contributed by atoms with E-state index in [0.717, 1.165) is 18.6 Å². The van der Waals surface area contributed by atoms with E-state index >= 15 is 0 Å². The van der Waals surface area contributed by atoms with Gasteiger partial charge in [0.1, 0.15) is 11.4 Å². The third-order valence-electron chi connectivity index (χ3n) is 5.58. The number of benzene rings is 1. The molecule has 0 atom stereocenters. The van der Waals surface area contributed by atoms with E-state index in [1.54, 1.807) is 0 Å².